The van der Waals surface area contributed by atoms with Gasteiger partial charge in [-0.1, -0.05) is 36.4 Å². The van der Waals surface area contributed by atoms with Gasteiger partial charge in [0, 0.05) is 23.3 Å². The topological polar surface area (TPSA) is 112 Å². The lowest BCUT2D eigenvalue weighted by atomic mass is 10.1. The van der Waals surface area contributed by atoms with Gasteiger partial charge in [-0.2, -0.15) is 5.10 Å². The number of aromatic amines is 2. The Labute approximate surface area is 158 Å². The second kappa shape index (κ2) is 7.20. The van der Waals surface area contributed by atoms with Gasteiger partial charge in [-0.3, -0.25) is 14.6 Å². The molecule has 0 aliphatic heterocycles. The molecule has 0 saturated carbocycles. The van der Waals surface area contributed by atoms with Gasteiger partial charge in [0.25, 0.3) is 11.5 Å². The average molecular weight is 373 g/mol. The largest absolute Gasteiger partial charge is 0.326 e. The van der Waals surface area contributed by atoms with Crippen molar-refractivity contribution in [2.24, 2.45) is 5.10 Å². The summed E-state index contributed by atoms with van der Waals surface area (Å²) in [6.07, 6.45) is 3.43. The number of benzene rings is 1. The fourth-order valence-electron chi connectivity index (χ4n) is 2.93. The summed E-state index contributed by atoms with van der Waals surface area (Å²) in [7, 11) is 0. The second-order valence-corrected chi connectivity index (χ2v) is 6.01. The van der Waals surface area contributed by atoms with Crippen LogP contribution >= 0.6 is 0 Å². The zero-order chi connectivity index (χ0) is 19.5. The van der Waals surface area contributed by atoms with Crippen molar-refractivity contribution in [2.75, 3.05) is 0 Å². The molecule has 3 heterocycles. The van der Waals surface area contributed by atoms with Gasteiger partial charge in [0.2, 0.25) is 0 Å². The van der Waals surface area contributed by atoms with Crippen molar-refractivity contribution in [2.45, 2.75) is 0 Å². The molecule has 1 aromatic carbocycles. The van der Waals surface area contributed by atoms with Crippen LogP contribution in [0, 0.1) is 0 Å². The zero-order valence-electron chi connectivity index (χ0n) is 14.5. The highest BCUT2D eigenvalue weighted by molar-refractivity contribution is 5.95. The highest BCUT2D eigenvalue weighted by Gasteiger charge is 2.11. The van der Waals surface area contributed by atoms with Crippen LogP contribution in [0.25, 0.3) is 16.6 Å². The minimum Gasteiger partial charge on any atom is -0.315 e. The molecule has 4 rings (SSSR count). The number of amides is 1. The fourth-order valence-corrected chi connectivity index (χ4v) is 2.93. The van der Waals surface area contributed by atoms with Crippen LogP contribution in [0.3, 0.4) is 0 Å². The van der Waals surface area contributed by atoms with Gasteiger partial charge in [-0.05, 0) is 23.8 Å². The van der Waals surface area contributed by atoms with Crippen LogP contribution in [-0.2, 0) is 0 Å². The maximum absolute atomic E-state index is 12.1. The van der Waals surface area contributed by atoms with Crippen molar-refractivity contribution >= 4 is 17.6 Å². The van der Waals surface area contributed by atoms with Crippen molar-refractivity contribution in [1.82, 2.24) is 19.8 Å². The van der Waals surface area contributed by atoms with E-state index in [1.807, 2.05) is 70.2 Å². The molecule has 3 aromatic heterocycles. The molecular formula is C20H15N5O3. The van der Waals surface area contributed by atoms with E-state index in [1.165, 1.54) is 6.21 Å². The van der Waals surface area contributed by atoms with Crippen molar-refractivity contribution in [3.63, 3.8) is 0 Å². The summed E-state index contributed by atoms with van der Waals surface area (Å²) in [6, 6.07) is 18.7. The first-order valence-corrected chi connectivity index (χ1v) is 8.44. The molecule has 0 radical (unpaired) electrons. The molecule has 4 aromatic rings. The number of fused-ring (bicyclic) bond motifs is 1. The Hall–Kier alpha value is -4.20. The highest BCUT2D eigenvalue weighted by Crippen LogP contribution is 2.26. The Balaban J connectivity index is 1.68. The summed E-state index contributed by atoms with van der Waals surface area (Å²) in [5.41, 5.74) is 4.46. The van der Waals surface area contributed by atoms with E-state index in [2.05, 4.69) is 15.5 Å². The number of hydrazone groups is 1. The molecule has 0 aliphatic rings. The quantitative estimate of drug-likeness (QED) is 0.374. The van der Waals surface area contributed by atoms with Crippen LogP contribution in [0.15, 0.2) is 81.6 Å². The molecule has 28 heavy (non-hydrogen) atoms. The number of hydrogen-bond donors (Lipinski definition) is 3. The molecule has 0 spiro atoms. The first-order chi connectivity index (χ1) is 13.6. The number of carbonyl (C=O) groups is 1. The Kier molecular flexibility index (Phi) is 4.43. The molecule has 0 unspecified atom stereocenters. The van der Waals surface area contributed by atoms with E-state index in [-0.39, 0.29) is 5.69 Å². The van der Waals surface area contributed by atoms with E-state index in [4.69, 9.17) is 0 Å². The first kappa shape index (κ1) is 17.2. The predicted molar refractivity (Wildman–Crippen MR) is 106 cm³/mol. The van der Waals surface area contributed by atoms with Crippen LogP contribution < -0.4 is 16.7 Å². The number of H-pyrrole nitrogens is 2. The summed E-state index contributed by atoms with van der Waals surface area (Å²) < 4.78 is 1.95. The van der Waals surface area contributed by atoms with E-state index < -0.39 is 17.2 Å². The maximum Gasteiger partial charge on any atom is 0.326 e. The van der Waals surface area contributed by atoms with Gasteiger partial charge >= 0.3 is 5.69 Å². The van der Waals surface area contributed by atoms with Gasteiger partial charge in [-0.15, -0.1) is 0 Å². The molecule has 138 valence electrons. The van der Waals surface area contributed by atoms with Gasteiger partial charge in [0.05, 0.1) is 11.9 Å². The minimum absolute atomic E-state index is 0.172. The Morgan fingerprint density at radius 1 is 1.00 bits per heavy atom. The molecular weight excluding hydrogens is 358 g/mol. The Morgan fingerprint density at radius 3 is 2.57 bits per heavy atom. The molecule has 0 atom stereocenters. The average Bonchev–Trinajstić information content (AvgIpc) is 3.06. The molecule has 8 heteroatoms. The van der Waals surface area contributed by atoms with Crippen molar-refractivity contribution < 1.29 is 4.79 Å². The lowest BCUT2D eigenvalue weighted by Gasteiger charge is -2.03. The monoisotopic (exact) mass is 373 g/mol. The van der Waals surface area contributed by atoms with Gasteiger partial charge < -0.3 is 9.38 Å². The summed E-state index contributed by atoms with van der Waals surface area (Å²) in [6.45, 7) is 0. The molecule has 1 amide bonds. The van der Waals surface area contributed by atoms with Crippen LogP contribution in [0.4, 0.5) is 0 Å². The Morgan fingerprint density at radius 2 is 1.79 bits per heavy atom. The molecule has 0 fully saturated rings. The Bertz CT molecular complexity index is 1270. The number of rotatable bonds is 4. The smallest absolute Gasteiger partial charge is 0.315 e. The van der Waals surface area contributed by atoms with Crippen LogP contribution in [0.1, 0.15) is 16.2 Å². The van der Waals surface area contributed by atoms with Crippen LogP contribution in [0.5, 0.6) is 0 Å². The number of nitrogens with one attached hydrogen (secondary N) is 3. The first-order valence-electron chi connectivity index (χ1n) is 8.44. The number of nitrogens with zero attached hydrogens (tertiary/aromatic N) is 2. The molecule has 0 saturated heterocycles. The summed E-state index contributed by atoms with van der Waals surface area (Å²) in [5.74, 6) is -0.693. The second-order valence-electron chi connectivity index (χ2n) is 6.01. The normalized spacial score (nSPS) is 11.1. The van der Waals surface area contributed by atoms with Gasteiger partial charge in [-0.25, -0.2) is 10.2 Å². The number of carbonyl (C=O) groups excluding carboxylic acids is 1. The lowest BCUT2D eigenvalue weighted by molar-refractivity contribution is 0.0949. The third-order valence-electron chi connectivity index (χ3n) is 4.16. The van der Waals surface area contributed by atoms with E-state index in [0.717, 1.165) is 28.4 Å². The molecule has 3 N–H and O–H groups in total. The van der Waals surface area contributed by atoms with E-state index in [1.54, 1.807) is 0 Å². The van der Waals surface area contributed by atoms with Crippen molar-refractivity contribution in [1.29, 1.82) is 0 Å². The minimum atomic E-state index is -0.759. The summed E-state index contributed by atoms with van der Waals surface area (Å²) in [4.78, 5) is 39.0. The third-order valence-corrected chi connectivity index (χ3v) is 4.16. The predicted octanol–water partition coefficient (Wildman–Crippen LogP) is 1.75. The van der Waals surface area contributed by atoms with E-state index in [0.29, 0.717) is 0 Å². The molecule has 0 bridgehead atoms. The lowest BCUT2D eigenvalue weighted by Crippen LogP contribution is -2.28. The SMILES string of the molecule is O=C(NN=Cc1c(-c2ccccc2)cc2ccccn12)c1cc(=O)[nH]c(=O)[nH]1. The number of aromatic nitrogens is 3. The standard InChI is InChI=1S/C20H15N5O3/c26-18-11-16(22-20(28)23-18)19(27)24-21-12-17-15(13-6-2-1-3-7-13)10-14-8-4-5-9-25(14)17/h1-12H,(H,24,27)(H2,22,23,26,28). The highest BCUT2D eigenvalue weighted by atomic mass is 16.2. The summed E-state index contributed by atoms with van der Waals surface area (Å²) >= 11 is 0. The number of pyridine rings is 1. The van der Waals surface area contributed by atoms with Gasteiger partial charge in [0.15, 0.2) is 0 Å². The van der Waals surface area contributed by atoms with Crippen LogP contribution in [0.2, 0.25) is 0 Å². The van der Waals surface area contributed by atoms with Crippen LogP contribution in [-0.4, -0.2) is 26.5 Å². The van der Waals surface area contributed by atoms with E-state index >= 15 is 0 Å². The maximum atomic E-state index is 12.1. The number of hydrogen-bond acceptors (Lipinski definition) is 4. The molecule has 8 nitrogen and oxygen atoms in total. The third kappa shape index (κ3) is 3.38. The van der Waals surface area contributed by atoms with Crippen molar-refractivity contribution in [3.8, 4) is 11.1 Å². The fraction of sp³-hybridized carbons (Fsp3) is 0. The van der Waals surface area contributed by atoms with E-state index in [9.17, 15) is 14.4 Å². The van der Waals surface area contributed by atoms with Crippen molar-refractivity contribution in [3.05, 3.63) is 99.1 Å². The zero-order valence-corrected chi connectivity index (χ0v) is 14.5. The van der Waals surface area contributed by atoms with Gasteiger partial charge in [0.1, 0.15) is 5.69 Å². The molecule has 0 aliphatic carbocycles. The summed E-state index contributed by atoms with van der Waals surface area (Å²) in [5, 5.41) is 4.01.